The van der Waals surface area contributed by atoms with Crippen molar-refractivity contribution >= 4 is 13.4 Å². The van der Waals surface area contributed by atoms with Crippen molar-refractivity contribution in [2.75, 3.05) is 0 Å². The van der Waals surface area contributed by atoms with Gasteiger partial charge in [-0.15, -0.1) is 0 Å². The molecule has 2 unspecified atom stereocenters. The minimum absolute atomic E-state index is 0.456. The Hall–Kier alpha value is -3.53. The number of benzene rings is 4. The Bertz CT molecular complexity index is 1590. The van der Waals surface area contributed by atoms with Crippen LogP contribution in [0.15, 0.2) is 139 Å². The Morgan fingerprint density at radius 2 is 1.15 bits per heavy atom. The van der Waals surface area contributed by atoms with Crippen LogP contribution in [0.5, 0.6) is 0 Å². The molecule has 41 heavy (non-hydrogen) atoms. The summed E-state index contributed by atoms with van der Waals surface area (Å²) in [5.41, 5.74) is 3.90. The molecule has 2 N–H and O–H groups in total. The second-order valence-corrected chi connectivity index (χ2v) is 12.9. The van der Waals surface area contributed by atoms with E-state index in [9.17, 15) is 14.4 Å². The van der Waals surface area contributed by atoms with Crippen LogP contribution < -0.4 is 0 Å². The molecule has 0 bridgehead atoms. The van der Waals surface area contributed by atoms with Gasteiger partial charge in [0, 0.05) is 10.8 Å². The molecule has 0 spiro atoms. The van der Waals surface area contributed by atoms with Crippen molar-refractivity contribution in [2.24, 2.45) is 0 Å². The van der Waals surface area contributed by atoms with E-state index in [1.807, 2.05) is 84.9 Å². The SMILES string of the molecule is CC(C)(C1=C(c2ccccc2)C(c2ccccc2)(C(C)(C)c2ccccc2)C(OP(=O)(O)O)C=C1)c1ccccc1. The first-order chi connectivity index (χ1) is 19.5. The molecule has 0 saturated heterocycles. The predicted octanol–water partition coefficient (Wildman–Crippen LogP) is 8.38. The highest BCUT2D eigenvalue weighted by Gasteiger charge is 2.59. The zero-order valence-electron chi connectivity index (χ0n) is 23.9. The van der Waals surface area contributed by atoms with Gasteiger partial charge in [0.25, 0.3) is 0 Å². The fourth-order valence-corrected chi connectivity index (χ4v) is 7.19. The van der Waals surface area contributed by atoms with E-state index in [1.165, 1.54) is 0 Å². The van der Waals surface area contributed by atoms with E-state index in [-0.39, 0.29) is 0 Å². The Labute approximate surface area is 243 Å². The Balaban J connectivity index is 1.99. The normalized spacial score (nSPS) is 19.8. The molecule has 4 aromatic carbocycles. The van der Waals surface area contributed by atoms with Crippen molar-refractivity contribution in [1.82, 2.24) is 0 Å². The maximum Gasteiger partial charge on any atom is 0.470 e. The third-order valence-corrected chi connectivity index (χ3v) is 9.22. The molecular formula is C36H37O4P. The molecule has 5 heteroatoms. The van der Waals surface area contributed by atoms with Crippen LogP contribution in [0.2, 0.25) is 0 Å². The molecule has 2 atom stereocenters. The number of hydrogen-bond acceptors (Lipinski definition) is 2. The largest absolute Gasteiger partial charge is 0.470 e. The predicted molar refractivity (Wildman–Crippen MR) is 166 cm³/mol. The van der Waals surface area contributed by atoms with Crippen molar-refractivity contribution in [2.45, 2.75) is 50.0 Å². The highest BCUT2D eigenvalue weighted by molar-refractivity contribution is 7.46. The maximum absolute atomic E-state index is 12.6. The lowest BCUT2D eigenvalue weighted by molar-refractivity contribution is 0.0889. The van der Waals surface area contributed by atoms with Crippen LogP contribution in [-0.4, -0.2) is 15.9 Å². The monoisotopic (exact) mass is 564 g/mol. The van der Waals surface area contributed by atoms with E-state index in [2.05, 4.69) is 76.2 Å². The lowest BCUT2D eigenvalue weighted by Crippen LogP contribution is -2.56. The highest BCUT2D eigenvalue weighted by Crippen LogP contribution is 2.62. The first kappa shape index (κ1) is 29.0. The summed E-state index contributed by atoms with van der Waals surface area (Å²) in [7, 11) is -4.91. The zero-order valence-corrected chi connectivity index (χ0v) is 24.8. The van der Waals surface area contributed by atoms with Gasteiger partial charge >= 0.3 is 7.82 Å². The lowest BCUT2D eigenvalue weighted by atomic mass is 9.49. The minimum Gasteiger partial charge on any atom is -0.303 e. The van der Waals surface area contributed by atoms with E-state index >= 15 is 0 Å². The molecule has 210 valence electrons. The van der Waals surface area contributed by atoms with Gasteiger partial charge in [-0.1, -0.05) is 161 Å². The number of phosphoric ester groups is 1. The number of phosphoric acid groups is 1. The third-order valence-electron chi connectivity index (χ3n) is 8.72. The van der Waals surface area contributed by atoms with Gasteiger partial charge in [0.2, 0.25) is 0 Å². The molecule has 0 aliphatic heterocycles. The summed E-state index contributed by atoms with van der Waals surface area (Å²) in [6.07, 6.45) is 2.88. The molecule has 0 amide bonds. The zero-order chi connectivity index (χ0) is 29.3. The van der Waals surface area contributed by atoms with Gasteiger partial charge in [-0.05, 0) is 33.4 Å². The van der Waals surface area contributed by atoms with E-state index in [0.717, 1.165) is 33.4 Å². The number of allylic oxidation sites excluding steroid dienone is 2. The average molecular weight is 565 g/mol. The summed E-state index contributed by atoms with van der Waals surface area (Å²) in [6, 6.07) is 40.8. The summed E-state index contributed by atoms with van der Waals surface area (Å²) < 4.78 is 18.5. The van der Waals surface area contributed by atoms with E-state index in [0.29, 0.717) is 0 Å². The van der Waals surface area contributed by atoms with Gasteiger partial charge in [-0.3, -0.25) is 4.52 Å². The van der Waals surface area contributed by atoms with Crippen LogP contribution in [-0.2, 0) is 25.3 Å². The summed E-state index contributed by atoms with van der Waals surface area (Å²) in [5.74, 6) is 0. The summed E-state index contributed by atoms with van der Waals surface area (Å²) in [4.78, 5) is 20.6. The quantitative estimate of drug-likeness (QED) is 0.211. The van der Waals surface area contributed by atoms with Gasteiger partial charge in [0.1, 0.15) is 6.10 Å². The number of hydrogen-bond donors (Lipinski definition) is 2. The molecular weight excluding hydrogens is 527 g/mol. The van der Waals surface area contributed by atoms with Gasteiger partial charge < -0.3 is 9.79 Å². The van der Waals surface area contributed by atoms with Crippen molar-refractivity contribution in [3.8, 4) is 0 Å². The molecule has 1 aliphatic rings. The molecule has 0 saturated carbocycles. The second-order valence-electron chi connectivity index (χ2n) is 11.7. The Kier molecular flexibility index (Phi) is 7.80. The second kappa shape index (κ2) is 11.0. The van der Waals surface area contributed by atoms with Crippen molar-refractivity contribution < 1.29 is 18.9 Å². The average Bonchev–Trinajstić information content (AvgIpc) is 2.97. The highest BCUT2D eigenvalue weighted by atomic mass is 31.2. The van der Waals surface area contributed by atoms with Crippen LogP contribution >= 0.6 is 7.82 Å². The van der Waals surface area contributed by atoms with Gasteiger partial charge in [-0.25, -0.2) is 4.57 Å². The van der Waals surface area contributed by atoms with Crippen molar-refractivity contribution in [3.05, 3.63) is 161 Å². The fraction of sp³-hybridized carbons (Fsp3) is 0.222. The minimum atomic E-state index is -4.91. The molecule has 5 rings (SSSR count). The molecule has 1 aliphatic carbocycles. The van der Waals surface area contributed by atoms with Crippen LogP contribution in [0.3, 0.4) is 0 Å². The van der Waals surface area contributed by atoms with Gasteiger partial charge in [0.15, 0.2) is 0 Å². The molecule has 0 fully saturated rings. The molecule has 4 aromatic rings. The van der Waals surface area contributed by atoms with Gasteiger partial charge in [-0.2, -0.15) is 0 Å². The van der Waals surface area contributed by atoms with E-state index in [1.54, 1.807) is 0 Å². The van der Waals surface area contributed by atoms with Crippen molar-refractivity contribution in [1.29, 1.82) is 0 Å². The standard InChI is InChI=1S/C36H37O4P/c1-34(2,28-19-11-6-12-20-28)31-25-26-32(40-41(37,38)39)36(30-23-15-8-16-24-30,33(31)27-17-9-5-10-18-27)35(3,4)29-21-13-7-14-22-29/h5-26,32H,1-4H3,(H2,37,38,39). The maximum atomic E-state index is 12.6. The molecule has 0 aromatic heterocycles. The summed E-state index contributed by atoms with van der Waals surface area (Å²) in [5, 5.41) is 0. The fourth-order valence-electron chi connectivity index (χ4n) is 6.67. The topological polar surface area (TPSA) is 66.8 Å². The smallest absolute Gasteiger partial charge is 0.303 e. The molecule has 0 radical (unpaired) electrons. The first-order valence-corrected chi connectivity index (χ1v) is 15.4. The van der Waals surface area contributed by atoms with Crippen molar-refractivity contribution in [3.63, 3.8) is 0 Å². The van der Waals surface area contributed by atoms with Crippen LogP contribution in [0.1, 0.15) is 49.9 Å². The Morgan fingerprint density at radius 1 is 0.683 bits per heavy atom. The van der Waals surface area contributed by atoms with Crippen LogP contribution in [0, 0.1) is 0 Å². The van der Waals surface area contributed by atoms with Crippen LogP contribution in [0.4, 0.5) is 0 Å². The molecule has 0 heterocycles. The van der Waals surface area contributed by atoms with E-state index in [4.69, 9.17) is 4.52 Å². The molecule has 4 nitrogen and oxygen atoms in total. The summed E-state index contributed by atoms with van der Waals surface area (Å²) >= 11 is 0. The first-order valence-electron chi connectivity index (χ1n) is 13.9. The van der Waals surface area contributed by atoms with E-state index < -0.39 is 30.2 Å². The Morgan fingerprint density at radius 3 is 1.66 bits per heavy atom. The lowest BCUT2D eigenvalue weighted by Gasteiger charge is -2.55. The number of rotatable bonds is 8. The summed E-state index contributed by atoms with van der Waals surface area (Å²) in [6.45, 7) is 8.72. The third kappa shape index (κ3) is 5.18. The van der Waals surface area contributed by atoms with Gasteiger partial charge in [0.05, 0.1) is 5.41 Å². The van der Waals surface area contributed by atoms with Crippen LogP contribution in [0.25, 0.3) is 5.57 Å².